The summed E-state index contributed by atoms with van der Waals surface area (Å²) in [6.07, 6.45) is 12.1. The highest BCUT2D eigenvalue weighted by Crippen LogP contribution is 2.66. The summed E-state index contributed by atoms with van der Waals surface area (Å²) in [7, 11) is -1.75. The zero-order chi connectivity index (χ0) is 30.0. The van der Waals surface area contributed by atoms with Crippen LogP contribution < -0.4 is 0 Å². The number of hydrogen-bond acceptors (Lipinski definition) is 3. The Hall–Kier alpha value is -1.65. The zero-order valence-corrected chi connectivity index (χ0v) is 28.6. The number of fused-ring (bicyclic) bond motifs is 4. The summed E-state index contributed by atoms with van der Waals surface area (Å²) in [5, 5.41) is 0.253. The third-order valence-corrected chi connectivity index (χ3v) is 17.4. The molecule has 1 aromatic rings. The Balaban J connectivity index is 1.36. The molecular formula is C37H56O3Si. The monoisotopic (exact) mass is 576 g/mol. The maximum atomic E-state index is 13.0. The van der Waals surface area contributed by atoms with Crippen LogP contribution in [0.4, 0.5) is 0 Å². The lowest BCUT2D eigenvalue weighted by Gasteiger charge is -2.60. The van der Waals surface area contributed by atoms with Crippen molar-refractivity contribution in [1.29, 1.82) is 0 Å². The van der Waals surface area contributed by atoms with E-state index < -0.39 is 8.32 Å². The second kappa shape index (κ2) is 10.5. The Morgan fingerprint density at radius 1 is 1.02 bits per heavy atom. The Morgan fingerprint density at radius 2 is 1.71 bits per heavy atom. The third-order valence-electron chi connectivity index (χ3n) is 12.9. The van der Waals surface area contributed by atoms with Gasteiger partial charge in [-0.15, -0.1) is 0 Å². The van der Waals surface area contributed by atoms with Crippen molar-refractivity contribution in [2.75, 3.05) is 6.61 Å². The largest absolute Gasteiger partial charge is 0.458 e. The first-order valence-corrected chi connectivity index (χ1v) is 19.2. The lowest BCUT2D eigenvalue weighted by Crippen LogP contribution is -2.55. The van der Waals surface area contributed by atoms with Gasteiger partial charge in [0.2, 0.25) is 0 Å². The van der Waals surface area contributed by atoms with Gasteiger partial charge in [-0.1, -0.05) is 91.3 Å². The molecule has 41 heavy (non-hydrogen) atoms. The van der Waals surface area contributed by atoms with Crippen molar-refractivity contribution in [3.8, 4) is 0 Å². The van der Waals surface area contributed by atoms with Crippen LogP contribution in [0.15, 0.2) is 53.6 Å². The Morgan fingerprint density at radius 3 is 2.37 bits per heavy atom. The maximum absolute atomic E-state index is 13.0. The van der Waals surface area contributed by atoms with Crippen molar-refractivity contribution in [2.24, 2.45) is 39.9 Å². The summed E-state index contributed by atoms with van der Waals surface area (Å²) >= 11 is 0. The fourth-order valence-electron chi connectivity index (χ4n) is 9.30. The fourth-order valence-corrected chi connectivity index (χ4v) is 10.4. The molecule has 5 rings (SSSR count). The van der Waals surface area contributed by atoms with E-state index in [-0.39, 0.29) is 33.4 Å². The molecule has 1 aromatic carbocycles. The van der Waals surface area contributed by atoms with Gasteiger partial charge in [-0.2, -0.15) is 0 Å². The highest BCUT2D eigenvalue weighted by Gasteiger charge is 2.59. The van der Waals surface area contributed by atoms with Crippen LogP contribution in [0.3, 0.4) is 0 Å². The first kappa shape index (κ1) is 30.8. The van der Waals surface area contributed by atoms with Gasteiger partial charge in [0, 0.05) is 12.0 Å². The molecular weight excluding hydrogens is 520 g/mol. The summed E-state index contributed by atoms with van der Waals surface area (Å²) in [6, 6.07) is 9.47. The van der Waals surface area contributed by atoms with Gasteiger partial charge in [-0.25, -0.2) is 4.79 Å². The van der Waals surface area contributed by atoms with E-state index in [0.29, 0.717) is 29.2 Å². The quantitative estimate of drug-likeness (QED) is 0.250. The minimum absolute atomic E-state index is 0.0707. The van der Waals surface area contributed by atoms with Gasteiger partial charge < -0.3 is 9.16 Å². The van der Waals surface area contributed by atoms with Crippen LogP contribution in [-0.4, -0.2) is 27.0 Å². The van der Waals surface area contributed by atoms with Crippen LogP contribution >= 0.6 is 0 Å². The van der Waals surface area contributed by atoms with Crippen LogP contribution in [-0.2, 0) is 9.16 Å². The van der Waals surface area contributed by atoms with Crippen LogP contribution in [0.25, 0.3) is 0 Å². The summed E-state index contributed by atoms with van der Waals surface area (Å²) in [5.74, 6) is 2.08. The first-order chi connectivity index (χ1) is 19.0. The molecule has 0 bridgehead atoms. The molecule has 4 aliphatic rings. The van der Waals surface area contributed by atoms with Crippen LogP contribution in [0.1, 0.15) is 104 Å². The average molecular weight is 577 g/mol. The fraction of sp³-hybridized carbons (Fsp3) is 0.703. The number of carbonyl (C=O) groups excluding carboxylic acids is 1. The van der Waals surface area contributed by atoms with E-state index in [2.05, 4.69) is 80.6 Å². The van der Waals surface area contributed by atoms with Gasteiger partial charge in [0.05, 0.1) is 5.56 Å². The van der Waals surface area contributed by atoms with Crippen LogP contribution in [0.5, 0.6) is 0 Å². The van der Waals surface area contributed by atoms with Gasteiger partial charge >= 0.3 is 5.97 Å². The summed E-state index contributed by atoms with van der Waals surface area (Å²) < 4.78 is 13.0. The van der Waals surface area contributed by atoms with Crippen LogP contribution in [0.2, 0.25) is 18.1 Å². The molecule has 4 heteroatoms. The molecule has 0 saturated heterocycles. The number of benzene rings is 1. The summed E-state index contributed by atoms with van der Waals surface area (Å²) in [4.78, 5) is 13.0. The number of esters is 1. The SMILES string of the molecule is C[C@H](CO[Si](C)(C)C(C)(C)C)[C@H]1CCC2=C3C=C[C@H]4C(C)(C)[C@@H](OC(=O)c5ccccc5)CC[C@]4(C)[C@H]3CC[C@@]21C. The second-order valence-electron chi connectivity index (χ2n) is 16.6. The maximum Gasteiger partial charge on any atom is 0.338 e. The normalized spacial score (nSPS) is 35.4. The molecule has 0 radical (unpaired) electrons. The smallest absolute Gasteiger partial charge is 0.338 e. The first-order valence-electron chi connectivity index (χ1n) is 16.3. The van der Waals surface area contributed by atoms with E-state index in [1.54, 1.807) is 11.1 Å². The van der Waals surface area contributed by atoms with Crippen molar-refractivity contribution < 1.29 is 14.0 Å². The highest BCUT2D eigenvalue weighted by atomic mass is 28.4. The lowest BCUT2D eigenvalue weighted by atomic mass is 9.46. The Kier molecular flexibility index (Phi) is 7.89. The van der Waals surface area contributed by atoms with E-state index in [0.717, 1.165) is 19.4 Å². The minimum atomic E-state index is -1.75. The predicted octanol–water partition coefficient (Wildman–Crippen LogP) is 10.0. The average Bonchev–Trinajstić information content (AvgIpc) is 3.26. The Labute approximate surface area is 251 Å². The molecule has 0 amide bonds. The lowest BCUT2D eigenvalue weighted by molar-refractivity contribution is -0.105. The van der Waals surface area contributed by atoms with Crippen molar-refractivity contribution in [3.63, 3.8) is 0 Å². The second-order valence-corrected chi connectivity index (χ2v) is 21.4. The van der Waals surface area contributed by atoms with E-state index in [1.807, 2.05) is 30.3 Å². The summed E-state index contributed by atoms with van der Waals surface area (Å²) in [6.45, 7) is 25.0. The van der Waals surface area contributed by atoms with Gasteiger partial charge in [-0.3, -0.25) is 0 Å². The standard InChI is InChI=1S/C37H56O3Si/c1-25(24-39-41(9,10)34(2,3)4)28-17-18-29-27-16-19-31-35(5,6)32(40-33(38)26-14-12-11-13-15-26)21-23-37(31,8)30(27)20-22-36(28,29)7/h11-16,19,25,28,30-32H,17-18,20-24H2,1-10H3/t25-,28-,30+,31+,32+,36-,37-/m1/s1. The van der Waals surface area contributed by atoms with Crippen molar-refractivity contribution in [1.82, 2.24) is 0 Å². The van der Waals surface area contributed by atoms with Crippen molar-refractivity contribution in [3.05, 3.63) is 59.2 Å². The number of carbonyl (C=O) groups is 1. The predicted molar refractivity (Wildman–Crippen MR) is 172 cm³/mol. The molecule has 226 valence electrons. The molecule has 7 atom stereocenters. The molecule has 0 spiro atoms. The van der Waals surface area contributed by atoms with E-state index in [4.69, 9.17) is 9.16 Å². The molecule has 4 aliphatic carbocycles. The number of hydrogen-bond donors (Lipinski definition) is 0. The van der Waals surface area contributed by atoms with Crippen molar-refractivity contribution >= 4 is 14.3 Å². The van der Waals surface area contributed by atoms with Crippen LogP contribution in [0, 0.1) is 39.9 Å². The molecule has 2 fully saturated rings. The van der Waals surface area contributed by atoms with Gasteiger partial charge in [0.25, 0.3) is 0 Å². The van der Waals surface area contributed by atoms with Gasteiger partial charge in [-0.05, 0) is 109 Å². The third kappa shape index (κ3) is 5.13. The highest BCUT2D eigenvalue weighted by molar-refractivity contribution is 6.74. The molecule has 0 heterocycles. The van der Waals surface area contributed by atoms with Crippen molar-refractivity contribution in [2.45, 2.75) is 118 Å². The molecule has 2 saturated carbocycles. The molecule has 0 aromatic heterocycles. The molecule has 0 N–H and O–H groups in total. The van der Waals surface area contributed by atoms with E-state index in [1.165, 1.54) is 25.7 Å². The van der Waals surface area contributed by atoms with E-state index in [9.17, 15) is 4.79 Å². The number of rotatable bonds is 6. The zero-order valence-electron chi connectivity index (χ0n) is 27.6. The van der Waals surface area contributed by atoms with Gasteiger partial charge in [0.15, 0.2) is 8.32 Å². The molecule has 0 unspecified atom stereocenters. The molecule has 0 aliphatic heterocycles. The summed E-state index contributed by atoms with van der Waals surface area (Å²) in [5.41, 5.74) is 4.44. The molecule has 3 nitrogen and oxygen atoms in total. The van der Waals surface area contributed by atoms with Gasteiger partial charge in [0.1, 0.15) is 6.10 Å². The topological polar surface area (TPSA) is 35.5 Å². The Bertz CT molecular complexity index is 1200. The minimum Gasteiger partial charge on any atom is -0.458 e. The van der Waals surface area contributed by atoms with E-state index >= 15 is 0 Å². The number of allylic oxidation sites excluding steroid dienone is 4. The number of ether oxygens (including phenoxy) is 1.